The number of likely N-dealkylation sites (N-methyl/N-ethyl adjacent to an activating group) is 1. The van der Waals surface area contributed by atoms with Gasteiger partial charge >= 0.3 is 5.97 Å². The van der Waals surface area contributed by atoms with Crippen LogP contribution in [0, 0.1) is 0 Å². The number of carboxylic acid groups (broad SMARTS) is 1. The third-order valence-electron chi connectivity index (χ3n) is 2.87. The molecule has 88 valence electrons. The monoisotopic (exact) mass is 216 g/mol. The number of likely N-dealkylation sites (tertiary alicyclic amines) is 1. The first-order valence-electron chi connectivity index (χ1n) is 5.23. The average Bonchev–Trinajstić information content (AvgIpc) is 2.44. The van der Waals surface area contributed by atoms with E-state index in [1.165, 1.54) is 0 Å². The zero-order valence-corrected chi connectivity index (χ0v) is 9.55. The molecule has 2 N–H and O–H groups in total. The van der Waals surface area contributed by atoms with Crippen molar-refractivity contribution in [2.75, 3.05) is 27.2 Å². The molecule has 1 aliphatic rings. The second-order valence-electron chi connectivity index (χ2n) is 4.52. The van der Waals surface area contributed by atoms with Crippen LogP contribution in [0.4, 0.5) is 0 Å². The Morgan fingerprint density at radius 3 is 2.67 bits per heavy atom. The third-order valence-corrected chi connectivity index (χ3v) is 2.87. The van der Waals surface area contributed by atoms with Crippen molar-refractivity contribution in [1.29, 1.82) is 0 Å². The number of carbonyl (C=O) groups is 1. The number of hydrogen-bond acceptors (Lipinski definition) is 4. The van der Waals surface area contributed by atoms with Crippen LogP contribution >= 0.6 is 0 Å². The highest BCUT2D eigenvalue weighted by atomic mass is 16.4. The summed E-state index contributed by atoms with van der Waals surface area (Å²) in [5.74, 6) is -0.826. The predicted molar refractivity (Wildman–Crippen MR) is 56.8 cm³/mol. The van der Waals surface area contributed by atoms with Gasteiger partial charge in [-0.3, -0.25) is 9.69 Å². The molecule has 0 aliphatic carbocycles. The second-order valence-corrected chi connectivity index (χ2v) is 4.52. The number of aliphatic hydroxyl groups is 1. The van der Waals surface area contributed by atoms with Crippen molar-refractivity contribution >= 4 is 5.97 Å². The third kappa shape index (κ3) is 3.15. The summed E-state index contributed by atoms with van der Waals surface area (Å²) in [6, 6.07) is -0.381. The smallest absolute Gasteiger partial charge is 0.320 e. The van der Waals surface area contributed by atoms with Crippen molar-refractivity contribution in [3.8, 4) is 0 Å². The standard InChI is InChI=1S/C10H20N2O3/c1-7(10(14)15)12-6-9(13)4-8(12)5-11(2)3/h7-9,13H,4-6H2,1-3H3,(H,14,15). The highest BCUT2D eigenvalue weighted by Crippen LogP contribution is 2.21. The lowest BCUT2D eigenvalue weighted by Crippen LogP contribution is -2.46. The van der Waals surface area contributed by atoms with Crippen molar-refractivity contribution in [3.63, 3.8) is 0 Å². The van der Waals surface area contributed by atoms with Gasteiger partial charge in [-0.1, -0.05) is 0 Å². The first kappa shape index (κ1) is 12.4. The summed E-state index contributed by atoms with van der Waals surface area (Å²) in [4.78, 5) is 14.8. The molecule has 1 aliphatic heterocycles. The summed E-state index contributed by atoms with van der Waals surface area (Å²) in [6.07, 6.45) is 0.271. The van der Waals surface area contributed by atoms with Gasteiger partial charge in [0.25, 0.3) is 0 Å². The molecule has 1 saturated heterocycles. The summed E-state index contributed by atoms with van der Waals surface area (Å²) >= 11 is 0. The van der Waals surface area contributed by atoms with Gasteiger partial charge in [-0.15, -0.1) is 0 Å². The fourth-order valence-corrected chi connectivity index (χ4v) is 2.13. The maximum absolute atomic E-state index is 10.9. The molecule has 0 aromatic heterocycles. The van der Waals surface area contributed by atoms with Crippen LogP contribution in [0.5, 0.6) is 0 Å². The number of hydrogen-bond donors (Lipinski definition) is 2. The number of rotatable bonds is 4. The molecule has 0 aromatic carbocycles. The van der Waals surface area contributed by atoms with Crippen LogP contribution in [0.15, 0.2) is 0 Å². The van der Waals surface area contributed by atoms with Crippen LogP contribution in [-0.4, -0.2) is 71.4 Å². The van der Waals surface area contributed by atoms with Gasteiger partial charge in [-0.25, -0.2) is 0 Å². The molecule has 0 bridgehead atoms. The number of aliphatic carboxylic acids is 1. The first-order chi connectivity index (χ1) is 6.91. The second kappa shape index (κ2) is 4.92. The van der Waals surface area contributed by atoms with Crippen LogP contribution in [0.3, 0.4) is 0 Å². The predicted octanol–water partition coefficient (Wildman–Crippen LogP) is -0.544. The minimum Gasteiger partial charge on any atom is -0.480 e. The minimum absolute atomic E-state index is 0.140. The van der Waals surface area contributed by atoms with E-state index >= 15 is 0 Å². The van der Waals surface area contributed by atoms with Gasteiger partial charge < -0.3 is 15.1 Å². The van der Waals surface area contributed by atoms with Crippen molar-refractivity contribution in [1.82, 2.24) is 9.80 Å². The summed E-state index contributed by atoms with van der Waals surface area (Å²) in [5, 5.41) is 18.5. The lowest BCUT2D eigenvalue weighted by atomic mass is 10.1. The minimum atomic E-state index is -0.826. The molecule has 1 rings (SSSR count). The largest absolute Gasteiger partial charge is 0.480 e. The number of nitrogens with zero attached hydrogens (tertiary/aromatic N) is 2. The Bertz CT molecular complexity index is 233. The molecular formula is C10H20N2O3. The van der Waals surface area contributed by atoms with Gasteiger partial charge in [-0.05, 0) is 27.4 Å². The summed E-state index contributed by atoms with van der Waals surface area (Å²) < 4.78 is 0. The van der Waals surface area contributed by atoms with E-state index in [1.807, 2.05) is 23.9 Å². The highest BCUT2D eigenvalue weighted by Gasteiger charge is 2.36. The van der Waals surface area contributed by atoms with Crippen LogP contribution < -0.4 is 0 Å². The van der Waals surface area contributed by atoms with E-state index in [0.717, 1.165) is 6.54 Å². The average molecular weight is 216 g/mol. The Kier molecular flexibility index (Phi) is 4.07. The molecule has 1 heterocycles. The lowest BCUT2D eigenvalue weighted by molar-refractivity contribution is -0.143. The highest BCUT2D eigenvalue weighted by molar-refractivity contribution is 5.73. The van der Waals surface area contributed by atoms with Crippen LogP contribution in [0.1, 0.15) is 13.3 Å². The van der Waals surface area contributed by atoms with Crippen molar-refractivity contribution in [3.05, 3.63) is 0 Å². The maximum Gasteiger partial charge on any atom is 0.320 e. The first-order valence-corrected chi connectivity index (χ1v) is 5.23. The fourth-order valence-electron chi connectivity index (χ4n) is 2.13. The molecule has 5 nitrogen and oxygen atoms in total. The van der Waals surface area contributed by atoms with E-state index in [4.69, 9.17) is 5.11 Å². The molecular weight excluding hydrogens is 196 g/mol. The number of β-amino-alcohol motifs (C(OH)–C–C–N with tert-alkyl or cyclic N) is 1. The van der Waals surface area contributed by atoms with Gasteiger partial charge in [0, 0.05) is 19.1 Å². The van der Waals surface area contributed by atoms with E-state index in [-0.39, 0.29) is 6.04 Å². The Morgan fingerprint density at radius 1 is 1.60 bits per heavy atom. The zero-order chi connectivity index (χ0) is 11.6. The SMILES string of the molecule is CC(C(=O)O)N1CC(O)CC1CN(C)C. The molecule has 0 aromatic rings. The summed E-state index contributed by atoms with van der Waals surface area (Å²) in [6.45, 7) is 2.92. The lowest BCUT2D eigenvalue weighted by Gasteiger charge is -2.29. The summed E-state index contributed by atoms with van der Waals surface area (Å²) in [5.41, 5.74) is 0. The van der Waals surface area contributed by atoms with E-state index in [1.54, 1.807) is 6.92 Å². The Balaban J connectivity index is 2.64. The molecule has 3 atom stereocenters. The van der Waals surface area contributed by atoms with Gasteiger partial charge in [0.05, 0.1) is 6.10 Å². The van der Waals surface area contributed by atoms with E-state index in [9.17, 15) is 9.90 Å². The zero-order valence-electron chi connectivity index (χ0n) is 9.55. The van der Waals surface area contributed by atoms with Crippen molar-refractivity contribution in [2.24, 2.45) is 0 Å². The molecule has 15 heavy (non-hydrogen) atoms. The topological polar surface area (TPSA) is 64.0 Å². The molecule has 3 unspecified atom stereocenters. The van der Waals surface area contributed by atoms with Gasteiger partial charge in [0.2, 0.25) is 0 Å². The normalized spacial score (nSPS) is 29.7. The van der Waals surface area contributed by atoms with Gasteiger partial charge in [0.15, 0.2) is 0 Å². The van der Waals surface area contributed by atoms with Crippen LogP contribution in [-0.2, 0) is 4.79 Å². The Labute approximate surface area is 90.3 Å². The van der Waals surface area contributed by atoms with Crippen molar-refractivity contribution in [2.45, 2.75) is 31.5 Å². The Hall–Kier alpha value is -0.650. The number of carboxylic acids is 1. The van der Waals surface area contributed by atoms with Crippen LogP contribution in [0.2, 0.25) is 0 Å². The number of aliphatic hydroxyl groups excluding tert-OH is 1. The molecule has 0 saturated carbocycles. The van der Waals surface area contributed by atoms with E-state index in [2.05, 4.69) is 0 Å². The Morgan fingerprint density at radius 2 is 2.20 bits per heavy atom. The van der Waals surface area contributed by atoms with E-state index < -0.39 is 18.1 Å². The molecule has 5 heteroatoms. The van der Waals surface area contributed by atoms with Gasteiger partial charge in [0.1, 0.15) is 6.04 Å². The van der Waals surface area contributed by atoms with Crippen molar-refractivity contribution < 1.29 is 15.0 Å². The van der Waals surface area contributed by atoms with Crippen LogP contribution in [0.25, 0.3) is 0 Å². The molecule has 1 fully saturated rings. The fraction of sp³-hybridized carbons (Fsp3) is 0.900. The molecule has 0 spiro atoms. The maximum atomic E-state index is 10.9. The quantitative estimate of drug-likeness (QED) is 0.660. The van der Waals surface area contributed by atoms with E-state index in [0.29, 0.717) is 13.0 Å². The van der Waals surface area contributed by atoms with Gasteiger partial charge in [-0.2, -0.15) is 0 Å². The molecule has 0 radical (unpaired) electrons. The summed E-state index contributed by atoms with van der Waals surface area (Å²) in [7, 11) is 3.91. The molecule has 0 amide bonds.